The maximum Gasteiger partial charge on any atom is 0.252 e. The molecular weight excluding hydrogens is 331 g/mol. The van der Waals surface area contributed by atoms with Crippen LogP contribution < -0.4 is 11.1 Å². The van der Waals surface area contributed by atoms with Gasteiger partial charge < -0.3 is 30.7 Å². The average molecular weight is 368 g/mol. The highest BCUT2D eigenvalue weighted by molar-refractivity contribution is 5.81. The van der Waals surface area contributed by atoms with Crippen molar-refractivity contribution in [1.82, 2.24) is 5.32 Å². The van der Waals surface area contributed by atoms with E-state index in [1.54, 1.807) is 0 Å². The van der Waals surface area contributed by atoms with E-state index >= 15 is 0 Å². The molecular formula is C17H37FN2O5. The number of aliphatic hydroxyl groups is 2. The molecule has 7 atom stereocenters. The van der Waals surface area contributed by atoms with Gasteiger partial charge in [0.15, 0.2) is 6.10 Å². The van der Waals surface area contributed by atoms with Crippen LogP contribution in [0.2, 0.25) is 0 Å². The number of aliphatic hydroxyl groups excluding tert-OH is 2. The number of rotatable bonds is 6. The second-order valence-corrected chi connectivity index (χ2v) is 5.27. The van der Waals surface area contributed by atoms with Crippen molar-refractivity contribution in [3.05, 3.63) is 0 Å². The second kappa shape index (κ2) is 14.4. The molecule has 1 amide bonds. The van der Waals surface area contributed by atoms with Gasteiger partial charge in [0.2, 0.25) is 0 Å². The number of methoxy groups -OCH3 is 2. The molecule has 1 saturated carbocycles. The van der Waals surface area contributed by atoms with Gasteiger partial charge in [-0.3, -0.25) is 4.79 Å². The Morgan fingerprint density at radius 3 is 2.12 bits per heavy atom. The third-order valence-corrected chi connectivity index (χ3v) is 3.89. The van der Waals surface area contributed by atoms with Crippen molar-refractivity contribution in [3.63, 3.8) is 0 Å². The molecule has 0 aromatic carbocycles. The molecule has 0 aromatic heterocycles. The van der Waals surface area contributed by atoms with E-state index in [1.807, 2.05) is 27.7 Å². The van der Waals surface area contributed by atoms with Crippen molar-refractivity contribution in [2.75, 3.05) is 14.2 Å². The number of alkyl halides is 1. The molecule has 0 aliphatic heterocycles. The van der Waals surface area contributed by atoms with E-state index in [0.29, 0.717) is 0 Å². The van der Waals surface area contributed by atoms with E-state index in [1.165, 1.54) is 21.1 Å². The lowest BCUT2D eigenvalue weighted by Crippen LogP contribution is -2.64. The van der Waals surface area contributed by atoms with Crippen LogP contribution in [-0.4, -0.2) is 73.0 Å². The van der Waals surface area contributed by atoms with Crippen molar-refractivity contribution in [2.45, 2.75) is 90.1 Å². The zero-order valence-electron chi connectivity index (χ0n) is 16.5. The number of carbonyl (C=O) groups excluding carboxylic acids is 1. The molecule has 25 heavy (non-hydrogen) atoms. The lowest BCUT2D eigenvalue weighted by molar-refractivity contribution is -0.147. The second-order valence-electron chi connectivity index (χ2n) is 5.27. The van der Waals surface area contributed by atoms with E-state index in [4.69, 9.17) is 15.2 Å². The highest BCUT2D eigenvalue weighted by Crippen LogP contribution is 2.24. The van der Waals surface area contributed by atoms with Gasteiger partial charge in [-0.1, -0.05) is 34.6 Å². The largest absolute Gasteiger partial charge is 0.388 e. The lowest BCUT2D eigenvalue weighted by atomic mass is 9.84. The molecule has 8 heteroatoms. The van der Waals surface area contributed by atoms with E-state index in [9.17, 15) is 19.4 Å². The first-order valence-corrected chi connectivity index (χ1v) is 8.99. The zero-order chi connectivity index (χ0) is 20.2. The first-order valence-electron chi connectivity index (χ1n) is 8.99. The van der Waals surface area contributed by atoms with Gasteiger partial charge >= 0.3 is 0 Å². The first-order chi connectivity index (χ1) is 11.9. The van der Waals surface area contributed by atoms with Crippen LogP contribution in [0.15, 0.2) is 0 Å². The standard InChI is InChI=1S/C13H25FN2O5.2C2H6/c1-4-6(14)9(17)13(19)16-8-5-7(15)11(20-2)12(21-3)10(8)18;2*1-2/h6-12,17-18H,4-5,15H2,1-3H3,(H,16,19);2*1-2H3/t6?,7-,8+,9?,10-,11+,12+;;/m0../s1. The topological polar surface area (TPSA) is 114 Å². The third kappa shape index (κ3) is 7.53. The Balaban J connectivity index is 0. The van der Waals surface area contributed by atoms with E-state index < -0.39 is 48.6 Å². The van der Waals surface area contributed by atoms with Crippen molar-refractivity contribution in [3.8, 4) is 0 Å². The number of ether oxygens (including phenoxy) is 2. The van der Waals surface area contributed by atoms with Crippen LogP contribution in [0.25, 0.3) is 0 Å². The van der Waals surface area contributed by atoms with Crippen molar-refractivity contribution in [2.24, 2.45) is 5.73 Å². The van der Waals surface area contributed by atoms with Crippen LogP contribution in [0, 0.1) is 0 Å². The van der Waals surface area contributed by atoms with Crippen molar-refractivity contribution >= 4 is 5.91 Å². The maximum atomic E-state index is 13.3. The lowest BCUT2D eigenvalue weighted by Gasteiger charge is -2.42. The minimum Gasteiger partial charge on any atom is -0.388 e. The summed E-state index contributed by atoms with van der Waals surface area (Å²) < 4.78 is 23.7. The molecule has 152 valence electrons. The Kier molecular flexibility index (Phi) is 15.2. The molecule has 0 bridgehead atoms. The number of hydrogen-bond acceptors (Lipinski definition) is 6. The van der Waals surface area contributed by atoms with Crippen LogP contribution in [0.4, 0.5) is 4.39 Å². The third-order valence-electron chi connectivity index (χ3n) is 3.89. The van der Waals surface area contributed by atoms with Crippen LogP contribution in [0.1, 0.15) is 47.5 Å². The number of nitrogens with one attached hydrogen (secondary N) is 1. The fraction of sp³-hybridized carbons (Fsp3) is 0.941. The monoisotopic (exact) mass is 368 g/mol. The molecule has 7 nitrogen and oxygen atoms in total. The first kappa shape index (κ1) is 26.4. The Bertz CT molecular complexity index is 349. The van der Waals surface area contributed by atoms with E-state index in [0.717, 1.165) is 0 Å². The average Bonchev–Trinajstić information content (AvgIpc) is 2.65. The smallest absolute Gasteiger partial charge is 0.252 e. The molecule has 2 unspecified atom stereocenters. The Morgan fingerprint density at radius 1 is 1.24 bits per heavy atom. The van der Waals surface area contributed by atoms with Crippen LogP contribution in [0.5, 0.6) is 0 Å². The molecule has 0 spiro atoms. The number of halogens is 1. The van der Waals surface area contributed by atoms with Gasteiger partial charge in [0.25, 0.3) is 5.91 Å². The highest BCUT2D eigenvalue weighted by Gasteiger charge is 2.44. The van der Waals surface area contributed by atoms with Gasteiger partial charge in [-0.2, -0.15) is 0 Å². The van der Waals surface area contributed by atoms with Gasteiger partial charge in [-0.25, -0.2) is 4.39 Å². The molecule has 1 fully saturated rings. The zero-order valence-corrected chi connectivity index (χ0v) is 16.5. The number of hydrogen-bond donors (Lipinski definition) is 4. The SMILES string of the molecule is CC.CC.CCC(F)C(O)C(=O)N[C@@H]1C[C@H](N)[C@@H](OC)[C@H](OC)[C@H]1O. The number of carbonyl (C=O) groups is 1. The molecule has 0 saturated heterocycles. The molecule has 5 N–H and O–H groups in total. The highest BCUT2D eigenvalue weighted by atomic mass is 19.1. The molecule has 0 radical (unpaired) electrons. The molecule has 1 rings (SSSR count). The minimum atomic E-state index is -1.76. The quantitative estimate of drug-likeness (QED) is 0.550. The summed E-state index contributed by atoms with van der Waals surface area (Å²) in [4.78, 5) is 11.8. The van der Waals surface area contributed by atoms with Crippen molar-refractivity contribution < 1.29 is 28.9 Å². The van der Waals surface area contributed by atoms with Crippen LogP contribution in [-0.2, 0) is 14.3 Å². The van der Waals surface area contributed by atoms with Crippen molar-refractivity contribution in [1.29, 1.82) is 0 Å². The van der Waals surface area contributed by atoms with Crippen LogP contribution >= 0.6 is 0 Å². The maximum absolute atomic E-state index is 13.3. The van der Waals surface area contributed by atoms with E-state index in [2.05, 4.69) is 5.32 Å². The Labute approximate surface area is 151 Å². The predicted octanol–water partition coefficient (Wildman–Crippen LogP) is 0.755. The predicted molar refractivity (Wildman–Crippen MR) is 96.0 cm³/mol. The summed E-state index contributed by atoms with van der Waals surface area (Å²) >= 11 is 0. The van der Waals surface area contributed by atoms with Gasteiger partial charge in [0.05, 0.1) is 6.04 Å². The molecule has 1 aliphatic carbocycles. The summed E-state index contributed by atoms with van der Waals surface area (Å²) in [5, 5.41) is 22.2. The fourth-order valence-electron chi connectivity index (χ4n) is 2.62. The Hall–Kier alpha value is -0.800. The number of nitrogens with two attached hydrogens (primary N) is 1. The summed E-state index contributed by atoms with van der Waals surface area (Å²) in [5.41, 5.74) is 5.94. The molecule has 0 heterocycles. The molecule has 1 aliphatic rings. The molecule has 0 aromatic rings. The fourth-order valence-corrected chi connectivity index (χ4v) is 2.62. The summed E-state index contributed by atoms with van der Waals surface area (Å²) in [6.07, 6.45) is -5.44. The summed E-state index contributed by atoms with van der Waals surface area (Å²) in [6, 6.07) is -1.19. The van der Waals surface area contributed by atoms with Crippen LogP contribution in [0.3, 0.4) is 0 Å². The summed E-state index contributed by atoms with van der Waals surface area (Å²) in [5.74, 6) is -0.869. The minimum absolute atomic E-state index is 0.0216. The normalized spacial score (nSPS) is 30.8. The van der Waals surface area contributed by atoms with Gasteiger partial charge in [-0.15, -0.1) is 0 Å². The van der Waals surface area contributed by atoms with Gasteiger partial charge in [0.1, 0.15) is 24.5 Å². The Morgan fingerprint density at radius 2 is 1.72 bits per heavy atom. The summed E-state index contributed by atoms with van der Waals surface area (Å²) in [7, 11) is 2.86. The number of amides is 1. The van der Waals surface area contributed by atoms with Gasteiger partial charge in [-0.05, 0) is 12.8 Å². The van der Waals surface area contributed by atoms with Gasteiger partial charge in [0, 0.05) is 20.3 Å². The summed E-state index contributed by atoms with van der Waals surface area (Å²) in [6.45, 7) is 9.52. The van der Waals surface area contributed by atoms with E-state index in [-0.39, 0.29) is 12.8 Å².